The normalized spacial score (nSPS) is 14.8. The Morgan fingerprint density at radius 2 is 2.04 bits per heavy atom. The van der Waals surface area contributed by atoms with Crippen LogP contribution >= 0.6 is 11.3 Å². The van der Waals surface area contributed by atoms with E-state index >= 15 is 0 Å². The quantitative estimate of drug-likeness (QED) is 0.327. The van der Waals surface area contributed by atoms with E-state index in [-0.39, 0.29) is 18.0 Å². The molecule has 25 heavy (non-hydrogen) atoms. The second-order valence-electron chi connectivity index (χ2n) is 6.50. The van der Waals surface area contributed by atoms with Gasteiger partial charge in [-0.05, 0) is 43.7 Å². The van der Waals surface area contributed by atoms with E-state index in [1.54, 1.807) is 11.3 Å². The van der Waals surface area contributed by atoms with Crippen LogP contribution < -0.4 is 4.74 Å². The SMILES string of the molecule is Cc1nc(COC(=O)Oc2ccc([N+](=O)[O-])cc2)sc1CC1(C)CC1. The number of hydrogen-bond donors (Lipinski definition) is 0. The fraction of sp³-hybridized carbons (Fsp3) is 0.412. The molecular formula is C17H18N2O5S. The number of aromatic nitrogens is 1. The van der Waals surface area contributed by atoms with Gasteiger partial charge in [-0.3, -0.25) is 10.1 Å². The van der Waals surface area contributed by atoms with E-state index in [2.05, 4.69) is 11.9 Å². The van der Waals surface area contributed by atoms with Crippen LogP contribution in [-0.4, -0.2) is 16.1 Å². The summed E-state index contributed by atoms with van der Waals surface area (Å²) in [5.74, 6) is 0.188. The summed E-state index contributed by atoms with van der Waals surface area (Å²) in [4.78, 5) is 27.5. The Labute approximate surface area is 148 Å². The van der Waals surface area contributed by atoms with E-state index < -0.39 is 11.1 Å². The Bertz CT molecular complexity index is 796. The molecule has 7 nitrogen and oxygen atoms in total. The number of non-ortho nitro benzene ring substituents is 1. The van der Waals surface area contributed by atoms with Crippen LogP contribution in [0.5, 0.6) is 5.75 Å². The van der Waals surface area contributed by atoms with E-state index in [4.69, 9.17) is 9.47 Å². The molecule has 0 unspecified atom stereocenters. The number of ether oxygens (including phenoxy) is 2. The maximum absolute atomic E-state index is 11.7. The molecule has 2 aromatic rings. The first-order chi connectivity index (χ1) is 11.8. The summed E-state index contributed by atoms with van der Waals surface area (Å²) in [6.45, 7) is 4.29. The van der Waals surface area contributed by atoms with Gasteiger partial charge in [-0.1, -0.05) is 6.92 Å². The van der Waals surface area contributed by atoms with Gasteiger partial charge in [-0.15, -0.1) is 11.3 Å². The number of carbonyl (C=O) groups excluding carboxylic acids is 1. The van der Waals surface area contributed by atoms with Gasteiger partial charge in [0.15, 0.2) is 0 Å². The molecule has 1 heterocycles. The molecule has 1 saturated carbocycles. The minimum absolute atomic E-state index is 0.0496. The van der Waals surface area contributed by atoms with Crippen LogP contribution in [0.4, 0.5) is 10.5 Å². The first kappa shape index (κ1) is 17.3. The molecule has 0 N–H and O–H groups in total. The second kappa shape index (κ2) is 6.79. The molecule has 0 saturated heterocycles. The Balaban J connectivity index is 1.52. The van der Waals surface area contributed by atoms with Crippen molar-refractivity contribution in [1.29, 1.82) is 0 Å². The van der Waals surface area contributed by atoms with Crippen molar-refractivity contribution in [2.75, 3.05) is 0 Å². The highest BCUT2D eigenvalue weighted by Gasteiger charge is 2.38. The number of benzene rings is 1. The molecule has 1 aliphatic carbocycles. The number of nitro benzene ring substituents is 1. The van der Waals surface area contributed by atoms with Crippen molar-refractivity contribution in [2.24, 2.45) is 5.41 Å². The number of carbonyl (C=O) groups is 1. The minimum Gasteiger partial charge on any atom is -0.427 e. The van der Waals surface area contributed by atoms with E-state index in [0.29, 0.717) is 5.41 Å². The molecule has 3 rings (SSSR count). The number of thiazole rings is 1. The van der Waals surface area contributed by atoms with E-state index in [1.807, 2.05) is 6.92 Å². The van der Waals surface area contributed by atoms with Crippen molar-refractivity contribution in [3.05, 3.63) is 50.0 Å². The molecule has 0 spiro atoms. The average Bonchev–Trinajstić information content (AvgIpc) is 3.19. The van der Waals surface area contributed by atoms with Gasteiger partial charge in [0.05, 0.1) is 10.6 Å². The zero-order valence-corrected chi connectivity index (χ0v) is 14.8. The Kier molecular flexibility index (Phi) is 4.71. The number of nitro groups is 1. The van der Waals surface area contributed by atoms with Gasteiger partial charge in [0.25, 0.3) is 5.69 Å². The van der Waals surface area contributed by atoms with Gasteiger partial charge >= 0.3 is 6.16 Å². The lowest BCUT2D eigenvalue weighted by atomic mass is 10.0. The first-order valence-electron chi connectivity index (χ1n) is 7.89. The van der Waals surface area contributed by atoms with E-state index in [0.717, 1.165) is 17.1 Å². The molecule has 0 amide bonds. The third-order valence-corrected chi connectivity index (χ3v) is 5.32. The molecule has 0 atom stereocenters. The van der Waals surface area contributed by atoms with Crippen LogP contribution in [0, 0.1) is 22.5 Å². The van der Waals surface area contributed by atoms with Crippen LogP contribution in [-0.2, 0) is 17.8 Å². The lowest BCUT2D eigenvalue weighted by Gasteiger charge is -2.05. The molecule has 1 fully saturated rings. The van der Waals surface area contributed by atoms with Gasteiger partial charge in [-0.25, -0.2) is 9.78 Å². The lowest BCUT2D eigenvalue weighted by molar-refractivity contribution is -0.384. The molecule has 1 aliphatic rings. The van der Waals surface area contributed by atoms with E-state index in [9.17, 15) is 14.9 Å². The average molecular weight is 362 g/mol. The summed E-state index contributed by atoms with van der Waals surface area (Å²) in [5, 5.41) is 11.3. The Hall–Kier alpha value is -2.48. The predicted octanol–water partition coefficient (Wildman–Crippen LogP) is 4.42. The second-order valence-corrected chi connectivity index (χ2v) is 7.66. The molecule has 0 radical (unpaired) electrons. The predicted molar refractivity (Wildman–Crippen MR) is 91.8 cm³/mol. The molecule has 1 aromatic heterocycles. The highest BCUT2D eigenvalue weighted by molar-refractivity contribution is 7.11. The van der Waals surface area contributed by atoms with Gasteiger partial charge in [0, 0.05) is 17.0 Å². The van der Waals surface area contributed by atoms with Crippen molar-refractivity contribution in [1.82, 2.24) is 4.98 Å². The maximum Gasteiger partial charge on any atom is 0.514 e. The molecule has 0 bridgehead atoms. The third-order valence-electron chi connectivity index (χ3n) is 4.19. The van der Waals surface area contributed by atoms with Crippen LogP contribution in [0.25, 0.3) is 0 Å². The van der Waals surface area contributed by atoms with Crippen LogP contribution in [0.15, 0.2) is 24.3 Å². The highest BCUT2D eigenvalue weighted by Crippen LogP contribution is 2.48. The van der Waals surface area contributed by atoms with Crippen LogP contribution in [0.3, 0.4) is 0 Å². The van der Waals surface area contributed by atoms with Crippen molar-refractivity contribution in [3.63, 3.8) is 0 Å². The number of rotatable bonds is 6. The van der Waals surface area contributed by atoms with Gasteiger partial charge in [-0.2, -0.15) is 0 Å². The zero-order valence-electron chi connectivity index (χ0n) is 14.0. The summed E-state index contributed by atoms with van der Waals surface area (Å²) in [6.07, 6.45) is 2.65. The Morgan fingerprint density at radius 3 is 2.64 bits per heavy atom. The van der Waals surface area contributed by atoms with Gasteiger partial charge < -0.3 is 9.47 Å². The van der Waals surface area contributed by atoms with Crippen molar-refractivity contribution >= 4 is 23.2 Å². The van der Waals surface area contributed by atoms with Crippen molar-refractivity contribution in [3.8, 4) is 5.75 Å². The van der Waals surface area contributed by atoms with Crippen LogP contribution in [0.1, 0.15) is 35.3 Å². The molecule has 8 heteroatoms. The Morgan fingerprint density at radius 1 is 1.36 bits per heavy atom. The molecule has 132 valence electrons. The fourth-order valence-corrected chi connectivity index (χ4v) is 3.57. The summed E-state index contributed by atoms with van der Waals surface area (Å²) < 4.78 is 10.1. The number of nitrogens with zero attached hydrogens (tertiary/aromatic N) is 2. The summed E-state index contributed by atoms with van der Waals surface area (Å²) in [5.41, 5.74) is 1.32. The molecule has 0 aliphatic heterocycles. The summed E-state index contributed by atoms with van der Waals surface area (Å²) in [7, 11) is 0. The zero-order chi connectivity index (χ0) is 18.0. The molecular weight excluding hydrogens is 344 g/mol. The van der Waals surface area contributed by atoms with Gasteiger partial charge in [0.2, 0.25) is 0 Å². The van der Waals surface area contributed by atoms with Crippen LogP contribution in [0.2, 0.25) is 0 Å². The summed E-state index contributed by atoms with van der Waals surface area (Å²) in [6, 6.07) is 5.22. The maximum atomic E-state index is 11.7. The smallest absolute Gasteiger partial charge is 0.427 e. The largest absolute Gasteiger partial charge is 0.514 e. The highest BCUT2D eigenvalue weighted by atomic mass is 32.1. The third kappa shape index (κ3) is 4.54. The molecule has 1 aromatic carbocycles. The summed E-state index contributed by atoms with van der Waals surface area (Å²) >= 11 is 1.56. The van der Waals surface area contributed by atoms with Gasteiger partial charge in [0.1, 0.15) is 17.4 Å². The number of aryl methyl sites for hydroxylation is 1. The van der Waals surface area contributed by atoms with Crippen molar-refractivity contribution in [2.45, 2.75) is 39.7 Å². The standard InChI is InChI=1S/C17H18N2O5S/c1-11-14(9-17(2)7-8-17)25-15(18-11)10-23-16(20)24-13-5-3-12(4-6-13)19(21)22/h3-6H,7-10H2,1-2H3. The lowest BCUT2D eigenvalue weighted by Crippen LogP contribution is -2.10. The number of hydrogen-bond acceptors (Lipinski definition) is 7. The minimum atomic E-state index is -0.864. The van der Waals surface area contributed by atoms with E-state index in [1.165, 1.54) is 42.0 Å². The van der Waals surface area contributed by atoms with Crippen molar-refractivity contribution < 1.29 is 19.2 Å². The first-order valence-corrected chi connectivity index (χ1v) is 8.71. The fourth-order valence-electron chi connectivity index (χ4n) is 2.37. The monoisotopic (exact) mass is 362 g/mol. The topological polar surface area (TPSA) is 91.6 Å².